The van der Waals surface area contributed by atoms with Crippen LogP contribution in [-0.2, 0) is 11.2 Å². The third-order valence-electron chi connectivity index (χ3n) is 4.74. The first-order valence-corrected chi connectivity index (χ1v) is 11.0. The number of nitrogens with one attached hydrogen (secondary N) is 1. The Morgan fingerprint density at radius 3 is 2.42 bits per heavy atom. The number of thioether (sulfide) groups is 1. The summed E-state index contributed by atoms with van der Waals surface area (Å²) < 4.78 is 11.0. The smallest absolute Gasteiger partial charge is 0.225 e. The van der Waals surface area contributed by atoms with Gasteiger partial charge in [-0.1, -0.05) is 36.9 Å². The van der Waals surface area contributed by atoms with Gasteiger partial charge < -0.3 is 14.2 Å². The topological polar surface area (TPSA) is 94.1 Å². The second-order valence-corrected chi connectivity index (χ2v) is 7.92. The van der Waals surface area contributed by atoms with Crippen molar-refractivity contribution in [2.24, 2.45) is 0 Å². The van der Waals surface area contributed by atoms with E-state index in [1.807, 2.05) is 31.2 Å². The molecule has 7 nitrogen and oxygen atoms in total. The van der Waals surface area contributed by atoms with Gasteiger partial charge in [0.1, 0.15) is 5.69 Å². The molecule has 4 aromatic rings. The molecule has 0 aliphatic rings. The number of para-hydroxylation sites is 1. The largest absolute Gasteiger partial charge is 0.463 e. The van der Waals surface area contributed by atoms with E-state index in [0.717, 1.165) is 23.2 Å². The van der Waals surface area contributed by atoms with Crippen molar-refractivity contribution < 1.29 is 13.6 Å². The normalized spacial score (nSPS) is 10.9. The summed E-state index contributed by atoms with van der Waals surface area (Å²) in [6, 6.07) is 13.2. The van der Waals surface area contributed by atoms with Crippen LogP contribution >= 0.6 is 11.8 Å². The standard InChI is InChI=1S/C23H22N4O3S/c1-3-16-8-4-7-15(2)20(16)24-19(28)11-14-31-23-25-21(17-9-5-12-29-17)22(26-27-23)18-10-6-13-30-18/h4-10,12-13H,3,11,14H2,1-2H3,(H,24,28). The number of anilines is 1. The molecular weight excluding hydrogens is 412 g/mol. The van der Waals surface area contributed by atoms with Crippen LogP contribution in [0.15, 0.2) is 69.0 Å². The molecule has 1 amide bonds. The molecule has 0 spiro atoms. The average molecular weight is 435 g/mol. The SMILES string of the molecule is CCc1cccc(C)c1NC(=O)CCSc1nnc(-c2ccco2)c(-c2ccco2)n1. The third kappa shape index (κ3) is 4.86. The quantitative estimate of drug-likeness (QED) is 0.372. The van der Waals surface area contributed by atoms with Gasteiger partial charge in [0.15, 0.2) is 17.2 Å². The van der Waals surface area contributed by atoms with E-state index in [-0.39, 0.29) is 5.91 Å². The fourth-order valence-corrected chi connectivity index (χ4v) is 3.90. The van der Waals surface area contributed by atoms with Crippen molar-refractivity contribution in [3.8, 4) is 22.9 Å². The van der Waals surface area contributed by atoms with E-state index in [4.69, 9.17) is 8.83 Å². The Balaban J connectivity index is 1.44. The van der Waals surface area contributed by atoms with E-state index >= 15 is 0 Å². The van der Waals surface area contributed by atoms with Gasteiger partial charge in [-0.05, 0) is 48.7 Å². The van der Waals surface area contributed by atoms with Crippen molar-refractivity contribution in [2.45, 2.75) is 31.8 Å². The zero-order chi connectivity index (χ0) is 21.6. The van der Waals surface area contributed by atoms with Crippen LogP contribution in [0.1, 0.15) is 24.5 Å². The lowest BCUT2D eigenvalue weighted by Crippen LogP contribution is -2.14. The maximum Gasteiger partial charge on any atom is 0.225 e. The molecule has 3 heterocycles. The molecule has 0 radical (unpaired) electrons. The van der Waals surface area contributed by atoms with Gasteiger partial charge in [0, 0.05) is 17.9 Å². The third-order valence-corrected chi connectivity index (χ3v) is 5.58. The minimum atomic E-state index is -0.0390. The molecule has 0 fully saturated rings. The van der Waals surface area contributed by atoms with Gasteiger partial charge in [-0.2, -0.15) is 0 Å². The number of hydrogen-bond donors (Lipinski definition) is 1. The van der Waals surface area contributed by atoms with Gasteiger partial charge in [0.05, 0.1) is 12.5 Å². The van der Waals surface area contributed by atoms with Crippen LogP contribution in [-0.4, -0.2) is 26.8 Å². The van der Waals surface area contributed by atoms with Crippen LogP contribution < -0.4 is 5.32 Å². The first-order chi connectivity index (χ1) is 15.2. The molecule has 0 atom stereocenters. The van der Waals surface area contributed by atoms with Gasteiger partial charge in [-0.25, -0.2) is 4.98 Å². The molecule has 4 rings (SSSR count). The summed E-state index contributed by atoms with van der Waals surface area (Å²) in [7, 11) is 0. The lowest BCUT2D eigenvalue weighted by atomic mass is 10.1. The molecule has 1 aromatic carbocycles. The monoisotopic (exact) mass is 434 g/mol. The number of hydrogen-bond acceptors (Lipinski definition) is 7. The summed E-state index contributed by atoms with van der Waals surface area (Å²) in [5.41, 5.74) is 4.15. The number of amides is 1. The number of nitrogens with zero attached hydrogens (tertiary/aromatic N) is 3. The van der Waals surface area contributed by atoms with Gasteiger partial charge in [-0.3, -0.25) is 4.79 Å². The maximum absolute atomic E-state index is 12.5. The van der Waals surface area contributed by atoms with E-state index in [9.17, 15) is 4.79 Å². The Hall–Kier alpha value is -3.39. The molecule has 158 valence electrons. The Kier molecular flexibility index (Phi) is 6.47. The van der Waals surface area contributed by atoms with Crippen molar-refractivity contribution in [3.63, 3.8) is 0 Å². The number of aromatic nitrogens is 3. The van der Waals surface area contributed by atoms with Crippen LogP contribution in [0.3, 0.4) is 0 Å². The van der Waals surface area contributed by atoms with Crippen LogP contribution in [0.5, 0.6) is 0 Å². The van der Waals surface area contributed by atoms with Crippen molar-refractivity contribution in [1.82, 2.24) is 15.2 Å². The number of aryl methyl sites for hydroxylation is 2. The predicted octanol–water partition coefficient (Wildman–Crippen LogP) is 5.38. The van der Waals surface area contributed by atoms with Crippen LogP contribution in [0.4, 0.5) is 5.69 Å². The number of carbonyl (C=O) groups excluding carboxylic acids is 1. The number of furan rings is 2. The molecule has 8 heteroatoms. The summed E-state index contributed by atoms with van der Waals surface area (Å²) in [4.78, 5) is 17.1. The summed E-state index contributed by atoms with van der Waals surface area (Å²) >= 11 is 1.37. The van der Waals surface area contributed by atoms with Crippen molar-refractivity contribution in [2.75, 3.05) is 11.1 Å². The van der Waals surface area contributed by atoms with Crippen LogP contribution in [0, 0.1) is 6.92 Å². The van der Waals surface area contributed by atoms with E-state index in [0.29, 0.717) is 40.2 Å². The second-order valence-electron chi connectivity index (χ2n) is 6.86. The molecule has 1 N–H and O–H groups in total. The highest BCUT2D eigenvalue weighted by Crippen LogP contribution is 2.30. The molecule has 0 bridgehead atoms. The molecule has 0 aliphatic carbocycles. The predicted molar refractivity (Wildman–Crippen MR) is 120 cm³/mol. The summed E-state index contributed by atoms with van der Waals surface area (Å²) in [6.07, 6.45) is 4.35. The van der Waals surface area contributed by atoms with Gasteiger partial charge in [0.25, 0.3) is 0 Å². The maximum atomic E-state index is 12.5. The van der Waals surface area contributed by atoms with E-state index in [1.54, 1.807) is 30.7 Å². The summed E-state index contributed by atoms with van der Waals surface area (Å²) in [6.45, 7) is 4.08. The molecule has 3 aromatic heterocycles. The fourth-order valence-electron chi connectivity index (χ4n) is 3.18. The number of carbonyl (C=O) groups is 1. The minimum Gasteiger partial charge on any atom is -0.463 e. The highest BCUT2D eigenvalue weighted by atomic mass is 32.2. The Bertz CT molecular complexity index is 1160. The zero-order valence-electron chi connectivity index (χ0n) is 17.3. The molecular formula is C23H22N4O3S. The molecule has 31 heavy (non-hydrogen) atoms. The second kappa shape index (κ2) is 9.61. The van der Waals surface area contributed by atoms with Crippen LogP contribution in [0.2, 0.25) is 0 Å². The Morgan fingerprint density at radius 2 is 1.74 bits per heavy atom. The molecule has 0 saturated heterocycles. The average Bonchev–Trinajstić information content (AvgIpc) is 3.49. The van der Waals surface area contributed by atoms with E-state index < -0.39 is 0 Å². The summed E-state index contributed by atoms with van der Waals surface area (Å²) in [5.74, 6) is 1.63. The molecule has 0 aliphatic heterocycles. The lowest BCUT2D eigenvalue weighted by molar-refractivity contribution is -0.115. The lowest BCUT2D eigenvalue weighted by Gasteiger charge is -2.12. The van der Waals surface area contributed by atoms with Crippen molar-refractivity contribution >= 4 is 23.4 Å². The van der Waals surface area contributed by atoms with Gasteiger partial charge >= 0.3 is 0 Å². The first-order valence-electron chi connectivity index (χ1n) is 9.99. The van der Waals surface area contributed by atoms with Crippen LogP contribution in [0.25, 0.3) is 22.9 Å². The molecule has 0 unspecified atom stereocenters. The van der Waals surface area contributed by atoms with Crippen molar-refractivity contribution in [3.05, 3.63) is 66.1 Å². The van der Waals surface area contributed by atoms with Gasteiger partial charge in [0.2, 0.25) is 11.1 Å². The Morgan fingerprint density at radius 1 is 1.00 bits per heavy atom. The number of benzene rings is 1. The molecule has 0 saturated carbocycles. The van der Waals surface area contributed by atoms with E-state index in [1.165, 1.54) is 11.8 Å². The fraction of sp³-hybridized carbons (Fsp3) is 0.217. The van der Waals surface area contributed by atoms with Gasteiger partial charge in [-0.15, -0.1) is 10.2 Å². The summed E-state index contributed by atoms with van der Waals surface area (Å²) in [5, 5.41) is 12.0. The highest BCUT2D eigenvalue weighted by Gasteiger charge is 2.18. The van der Waals surface area contributed by atoms with Crippen molar-refractivity contribution in [1.29, 1.82) is 0 Å². The Labute approximate surface area is 184 Å². The first kappa shape index (κ1) is 20.9. The minimum absolute atomic E-state index is 0.0390. The number of rotatable bonds is 8. The highest BCUT2D eigenvalue weighted by molar-refractivity contribution is 7.99. The zero-order valence-corrected chi connectivity index (χ0v) is 18.1. The van der Waals surface area contributed by atoms with E-state index in [2.05, 4.69) is 27.4 Å².